The summed E-state index contributed by atoms with van der Waals surface area (Å²) in [5.74, 6) is 0.440. The number of benzene rings is 1. The molecule has 0 saturated carbocycles. The molecule has 1 aliphatic heterocycles. The topological polar surface area (TPSA) is 72.6 Å². The molecule has 21 heavy (non-hydrogen) atoms. The van der Waals surface area contributed by atoms with Crippen LogP contribution in [0.5, 0.6) is 0 Å². The van der Waals surface area contributed by atoms with Crippen molar-refractivity contribution in [1.82, 2.24) is 9.46 Å². The van der Waals surface area contributed by atoms with Crippen molar-refractivity contribution < 1.29 is 17.7 Å². The molecule has 1 aliphatic rings. The van der Waals surface area contributed by atoms with E-state index in [1.54, 1.807) is 30.3 Å². The molecule has 0 amide bonds. The second kappa shape index (κ2) is 5.59. The van der Waals surface area contributed by atoms with E-state index in [0.717, 1.165) is 0 Å². The van der Waals surface area contributed by atoms with Crippen LogP contribution in [-0.2, 0) is 14.8 Å². The molecule has 1 fully saturated rings. The van der Waals surface area contributed by atoms with Crippen LogP contribution in [0.25, 0.3) is 11.3 Å². The highest BCUT2D eigenvalue weighted by Crippen LogP contribution is 2.30. The molecular formula is C14H16N2O4S. The van der Waals surface area contributed by atoms with E-state index >= 15 is 0 Å². The van der Waals surface area contributed by atoms with Crippen LogP contribution in [0.2, 0.25) is 0 Å². The van der Waals surface area contributed by atoms with Gasteiger partial charge in [-0.05, 0) is 19.1 Å². The Kier molecular flexibility index (Phi) is 3.79. The molecule has 3 rings (SSSR count). The minimum Gasteiger partial charge on any atom is -0.378 e. The molecule has 7 heteroatoms. The standard InChI is InChI=1S/C14H16N2O4S/c1-11-10-19-9-8-16(11)21(17,18)14-5-3-2-4-12(14)13-6-7-15-20-13/h2-7,11H,8-10H2,1H3/t11-/m1/s1. The molecule has 1 saturated heterocycles. The van der Waals surface area contributed by atoms with Gasteiger partial charge < -0.3 is 9.26 Å². The fourth-order valence-electron chi connectivity index (χ4n) is 2.45. The molecule has 1 aromatic carbocycles. The fraction of sp³-hybridized carbons (Fsp3) is 0.357. The lowest BCUT2D eigenvalue weighted by Crippen LogP contribution is -2.47. The molecule has 0 spiro atoms. The molecule has 1 aromatic heterocycles. The first kappa shape index (κ1) is 14.2. The van der Waals surface area contributed by atoms with Crippen molar-refractivity contribution in [3.63, 3.8) is 0 Å². The number of rotatable bonds is 3. The van der Waals surface area contributed by atoms with Gasteiger partial charge in [-0.25, -0.2) is 8.42 Å². The predicted octanol–water partition coefficient (Wildman–Crippen LogP) is 1.75. The van der Waals surface area contributed by atoms with Crippen molar-refractivity contribution in [3.05, 3.63) is 36.5 Å². The number of hydrogen-bond donors (Lipinski definition) is 0. The molecule has 0 unspecified atom stereocenters. The summed E-state index contributed by atoms with van der Waals surface area (Å²) in [6.07, 6.45) is 1.50. The zero-order chi connectivity index (χ0) is 14.9. The lowest BCUT2D eigenvalue weighted by molar-refractivity contribution is 0.0393. The minimum absolute atomic E-state index is 0.188. The van der Waals surface area contributed by atoms with Gasteiger partial charge in [-0.3, -0.25) is 0 Å². The first-order chi connectivity index (χ1) is 10.1. The molecule has 6 nitrogen and oxygen atoms in total. The Balaban J connectivity index is 2.07. The summed E-state index contributed by atoms with van der Waals surface area (Å²) >= 11 is 0. The summed E-state index contributed by atoms with van der Waals surface area (Å²) in [5.41, 5.74) is 0.522. The van der Waals surface area contributed by atoms with Gasteiger partial charge in [0.05, 0.1) is 24.3 Å². The first-order valence-electron chi connectivity index (χ1n) is 6.70. The number of ether oxygens (including phenoxy) is 1. The molecule has 0 aliphatic carbocycles. The third kappa shape index (κ3) is 2.59. The zero-order valence-electron chi connectivity index (χ0n) is 11.6. The summed E-state index contributed by atoms with van der Waals surface area (Å²) in [7, 11) is -3.60. The van der Waals surface area contributed by atoms with E-state index in [9.17, 15) is 8.42 Å². The van der Waals surface area contributed by atoms with Crippen LogP contribution in [0, 0.1) is 0 Å². The van der Waals surface area contributed by atoms with Crippen LogP contribution in [0.15, 0.2) is 45.9 Å². The van der Waals surface area contributed by atoms with Crippen LogP contribution in [0.3, 0.4) is 0 Å². The molecule has 112 valence electrons. The van der Waals surface area contributed by atoms with E-state index in [-0.39, 0.29) is 10.9 Å². The monoisotopic (exact) mass is 308 g/mol. The van der Waals surface area contributed by atoms with Gasteiger partial charge in [-0.15, -0.1) is 0 Å². The maximum absolute atomic E-state index is 12.9. The Hall–Kier alpha value is -1.70. The summed E-state index contributed by atoms with van der Waals surface area (Å²) in [5, 5.41) is 3.65. The molecule has 2 aromatic rings. The first-order valence-corrected chi connectivity index (χ1v) is 8.14. The van der Waals surface area contributed by atoms with Gasteiger partial charge in [0.15, 0.2) is 5.76 Å². The smallest absolute Gasteiger partial charge is 0.244 e. The number of aromatic nitrogens is 1. The van der Waals surface area contributed by atoms with Crippen molar-refractivity contribution in [2.24, 2.45) is 0 Å². The van der Waals surface area contributed by atoms with E-state index in [2.05, 4.69) is 5.16 Å². The van der Waals surface area contributed by atoms with Crippen LogP contribution >= 0.6 is 0 Å². The summed E-state index contributed by atoms with van der Waals surface area (Å²) in [6.45, 7) is 3.01. The molecular weight excluding hydrogens is 292 g/mol. The largest absolute Gasteiger partial charge is 0.378 e. The van der Waals surface area contributed by atoms with E-state index in [1.807, 2.05) is 6.92 Å². The highest BCUT2D eigenvalue weighted by molar-refractivity contribution is 7.89. The maximum Gasteiger partial charge on any atom is 0.244 e. The number of sulfonamides is 1. The average molecular weight is 308 g/mol. The Morgan fingerprint density at radius 1 is 1.29 bits per heavy atom. The van der Waals surface area contributed by atoms with Gasteiger partial charge in [0.1, 0.15) is 0 Å². The van der Waals surface area contributed by atoms with E-state index in [0.29, 0.717) is 31.1 Å². The van der Waals surface area contributed by atoms with Gasteiger partial charge in [0, 0.05) is 24.2 Å². The third-order valence-electron chi connectivity index (χ3n) is 3.48. The lowest BCUT2D eigenvalue weighted by Gasteiger charge is -2.32. The van der Waals surface area contributed by atoms with Crippen LogP contribution in [0.4, 0.5) is 0 Å². The molecule has 0 bridgehead atoms. The second-order valence-electron chi connectivity index (χ2n) is 4.91. The Bertz CT molecular complexity index is 712. The minimum atomic E-state index is -3.60. The SMILES string of the molecule is C[C@@H]1COCCN1S(=O)(=O)c1ccccc1-c1ccno1. The normalized spacial score (nSPS) is 20.5. The van der Waals surface area contributed by atoms with E-state index in [1.165, 1.54) is 10.5 Å². The fourth-order valence-corrected chi connectivity index (χ4v) is 4.24. The van der Waals surface area contributed by atoms with Crippen molar-refractivity contribution in [2.75, 3.05) is 19.8 Å². The second-order valence-corrected chi connectivity index (χ2v) is 6.77. The molecule has 0 N–H and O–H groups in total. The number of hydrogen-bond acceptors (Lipinski definition) is 5. The summed E-state index contributed by atoms with van der Waals surface area (Å²) in [4.78, 5) is 0.232. The zero-order valence-corrected chi connectivity index (χ0v) is 12.4. The van der Waals surface area contributed by atoms with Crippen molar-refractivity contribution in [3.8, 4) is 11.3 Å². The van der Waals surface area contributed by atoms with Crippen LogP contribution in [-0.4, -0.2) is 43.7 Å². The van der Waals surface area contributed by atoms with Gasteiger partial charge in [0.25, 0.3) is 0 Å². The van der Waals surface area contributed by atoms with E-state index in [4.69, 9.17) is 9.26 Å². The summed E-state index contributed by atoms with van der Waals surface area (Å²) in [6, 6.07) is 8.26. The van der Waals surface area contributed by atoms with Gasteiger partial charge in [0.2, 0.25) is 10.0 Å². The van der Waals surface area contributed by atoms with Gasteiger partial charge >= 0.3 is 0 Å². The van der Waals surface area contributed by atoms with Crippen molar-refractivity contribution >= 4 is 10.0 Å². The van der Waals surface area contributed by atoms with Crippen LogP contribution < -0.4 is 0 Å². The van der Waals surface area contributed by atoms with E-state index < -0.39 is 10.0 Å². The average Bonchev–Trinajstić information content (AvgIpc) is 3.01. The van der Waals surface area contributed by atoms with Gasteiger partial charge in [-0.2, -0.15) is 4.31 Å². The summed E-state index contributed by atoms with van der Waals surface area (Å²) < 4.78 is 37.7. The van der Waals surface area contributed by atoms with Crippen molar-refractivity contribution in [2.45, 2.75) is 17.9 Å². The highest BCUT2D eigenvalue weighted by Gasteiger charge is 2.33. The maximum atomic E-state index is 12.9. The number of morpholine rings is 1. The Morgan fingerprint density at radius 2 is 2.10 bits per heavy atom. The van der Waals surface area contributed by atoms with Crippen LogP contribution in [0.1, 0.15) is 6.92 Å². The van der Waals surface area contributed by atoms with Gasteiger partial charge in [-0.1, -0.05) is 17.3 Å². The quantitative estimate of drug-likeness (QED) is 0.864. The Labute approximate surface area is 123 Å². The molecule has 2 heterocycles. The highest BCUT2D eigenvalue weighted by atomic mass is 32.2. The predicted molar refractivity (Wildman–Crippen MR) is 76.1 cm³/mol. The molecule has 0 radical (unpaired) electrons. The Morgan fingerprint density at radius 3 is 2.81 bits per heavy atom. The number of nitrogens with zero attached hydrogens (tertiary/aromatic N) is 2. The molecule has 1 atom stereocenters. The van der Waals surface area contributed by atoms with Crippen molar-refractivity contribution in [1.29, 1.82) is 0 Å². The lowest BCUT2D eigenvalue weighted by atomic mass is 10.2. The third-order valence-corrected chi connectivity index (χ3v) is 5.56.